The first-order valence-corrected chi connectivity index (χ1v) is 7.00. The van der Waals surface area contributed by atoms with E-state index in [2.05, 4.69) is 16.0 Å². The summed E-state index contributed by atoms with van der Waals surface area (Å²) in [5.74, 6) is 1.62. The quantitative estimate of drug-likeness (QED) is 0.650. The molecule has 2 aromatic rings. The maximum Gasteiger partial charge on any atom is 0.162 e. The lowest BCUT2D eigenvalue weighted by atomic mass is 10.1. The van der Waals surface area contributed by atoms with Gasteiger partial charge in [0.05, 0.1) is 20.9 Å². The molecule has 0 amide bonds. The minimum atomic E-state index is -0.0689. The summed E-state index contributed by atoms with van der Waals surface area (Å²) in [5.41, 5.74) is 2.95. The van der Waals surface area contributed by atoms with E-state index < -0.39 is 0 Å². The first kappa shape index (κ1) is 14.3. The number of rotatable bonds is 4. The summed E-state index contributed by atoms with van der Waals surface area (Å²) in [6.07, 6.45) is -0.0689. The molecule has 0 radical (unpaired) electrons. The second-order valence-electron chi connectivity index (χ2n) is 4.98. The number of phenols is 1. The minimum Gasteiger partial charge on any atom is -0.508 e. The van der Waals surface area contributed by atoms with E-state index in [9.17, 15) is 5.11 Å². The molecule has 6 nitrogen and oxygen atoms in total. The van der Waals surface area contributed by atoms with Crippen LogP contribution in [0.5, 0.6) is 17.2 Å². The van der Waals surface area contributed by atoms with Gasteiger partial charge in [-0.15, -0.1) is 0 Å². The predicted octanol–water partition coefficient (Wildman–Crippen LogP) is 2.49. The van der Waals surface area contributed by atoms with Crippen LogP contribution >= 0.6 is 0 Å². The molecule has 1 atom stereocenters. The predicted molar refractivity (Wildman–Crippen MR) is 85.6 cm³/mol. The average Bonchev–Trinajstić information content (AvgIpc) is 2.56. The number of anilines is 2. The lowest BCUT2D eigenvalue weighted by molar-refractivity contribution is 0.354. The van der Waals surface area contributed by atoms with Crippen LogP contribution in [0, 0.1) is 0 Å². The van der Waals surface area contributed by atoms with Crippen molar-refractivity contribution in [3.05, 3.63) is 42.0 Å². The molecule has 1 heterocycles. The average molecular weight is 301 g/mol. The Balaban J connectivity index is 1.91. The number of phenolic OH excluding ortho intramolecular Hbond substituents is 1. The van der Waals surface area contributed by atoms with Crippen LogP contribution in [0.25, 0.3) is 0 Å². The van der Waals surface area contributed by atoms with E-state index >= 15 is 0 Å². The topological polar surface area (TPSA) is 74.8 Å². The fourth-order valence-electron chi connectivity index (χ4n) is 2.50. The van der Waals surface area contributed by atoms with E-state index in [1.807, 2.05) is 24.3 Å². The smallest absolute Gasteiger partial charge is 0.162 e. The molecule has 1 unspecified atom stereocenters. The van der Waals surface area contributed by atoms with Crippen LogP contribution in [0.4, 0.5) is 11.4 Å². The molecule has 1 aliphatic heterocycles. The van der Waals surface area contributed by atoms with Crippen molar-refractivity contribution >= 4 is 11.4 Å². The fraction of sp³-hybridized carbons (Fsp3) is 0.250. The molecular formula is C16H19N3O3. The van der Waals surface area contributed by atoms with E-state index in [1.165, 1.54) is 0 Å². The van der Waals surface area contributed by atoms with Gasteiger partial charge >= 0.3 is 0 Å². The Kier molecular flexibility index (Phi) is 3.93. The van der Waals surface area contributed by atoms with Crippen molar-refractivity contribution in [3.63, 3.8) is 0 Å². The molecule has 0 saturated heterocycles. The number of fused-ring (bicyclic) bond motifs is 1. The molecule has 3 rings (SSSR count). The van der Waals surface area contributed by atoms with Gasteiger partial charge in [0, 0.05) is 23.0 Å². The third kappa shape index (κ3) is 2.73. The van der Waals surface area contributed by atoms with Crippen LogP contribution < -0.4 is 25.4 Å². The van der Waals surface area contributed by atoms with Gasteiger partial charge in [-0.05, 0) is 30.3 Å². The van der Waals surface area contributed by atoms with Gasteiger partial charge in [-0.2, -0.15) is 0 Å². The molecule has 22 heavy (non-hydrogen) atoms. The molecule has 0 fully saturated rings. The molecule has 0 bridgehead atoms. The van der Waals surface area contributed by atoms with E-state index in [1.54, 1.807) is 26.4 Å². The Morgan fingerprint density at radius 1 is 1.09 bits per heavy atom. The summed E-state index contributed by atoms with van der Waals surface area (Å²) in [7, 11) is 3.24. The molecule has 0 aliphatic carbocycles. The largest absolute Gasteiger partial charge is 0.508 e. The Morgan fingerprint density at radius 2 is 1.77 bits per heavy atom. The number of benzene rings is 2. The SMILES string of the molecule is COc1cc2c(cc1OC)C(Nc1ccc(O)cc1)NCN2. The molecular weight excluding hydrogens is 282 g/mol. The molecule has 6 heteroatoms. The summed E-state index contributed by atoms with van der Waals surface area (Å²) >= 11 is 0. The molecule has 2 aromatic carbocycles. The van der Waals surface area contributed by atoms with E-state index in [0.717, 1.165) is 16.9 Å². The van der Waals surface area contributed by atoms with E-state index in [0.29, 0.717) is 18.2 Å². The number of hydrogen-bond donors (Lipinski definition) is 4. The summed E-state index contributed by atoms with van der Waals surface area (Å²) in [6.45, 7) is 0.637. The molecule has 0 saturated carbocycles. The van der Waals surface area contributed by atoms with E-state index in [-0.39, 0.29) is 11.9 Å². The maximum atomic E-state index is 9.36. The Morgan fingerprint density at radius 3 is 2.45 bits per heavy atom. The highest BCUT2D eigenvalue weighted by atomic mass is 16.5. The summed E-state index contributed by atoms with van der Waals surface area (Å²) < 4.78 is 10.7. The first-order valence-electron chi connectivity index (χ1n) is 7.00. The van der Waals surface area contributed by atoms with Crippen molar-refractivity contribution < 1.29 is 14.6 Å². The van der Waals surface area contributed by atoms with Gasteiger partial charge in [0.2, 0.25) is 0 Å². The monoisotopic (exact) mass is 301 g/mol. The highest BCUT2D eigenvalue weighted by Crippen LogP contribution is 2.37. The Hall–Kier alpha value is -2.60. The van der Waals surface area contributed by atoms with Gasteiger partial charge < -0.3 is 25.2 Å². The lowest BCUT2D eigenvalue weighted by Crippen LogP contribution is -2.37. The molecule has 0 spiro atoms. The second kappa shape index (κ2) is 6.03. The zero-order valence-corrected chi connectivity index (χ0v) is 12.5. The zero-order valence-electron chi connectivity index (χ0n) is 12.5. The number of ether oxygens (including phenoxy) is 2. The molecule has 1 aliphatic rings. The minimum absolute atomic E-state index is 0.0689. The molecule has 4 N–H and O–H groups in total. The van der Waals surface area contributed by atoms with Crippen LogP contribution in [0.1, 0.15) is 11.7 Å². The summed E-state index contributed by atoms with van der Waals surface area (Å²) in [5, 5.41) is 19.4. The van der Waals surface area contributed by atoms with Gasteiger partial charge in [-0.3, -0.25) is 5.32 Å². The highest BCUT2D eigenvalue weighted by molar-refractivity contribution is 5.64. The van der Waals surface area contributed by atoms with Gasteiger partial charge in [-0.25, -0.2) is 0 Å². The standard InChI is InChI=1S/C16H19N3O3/c1-21-14-7-12-13(8-15(14)22-2)17-9-18-16(12)19-10-3-5-11(20)6-4-10/h3-8,16-20H,9H2,1-2H3. The van der Waals surface area contributed by atoms with E-state index in [4.69, 9.17) is 9.47 Å². The highest BCUT2D eigenvalue weighted by Gasteiger charge is 2.22. The number of nitrogens with one attached hydrogen (secondary N) is 3. The lowest BCUT2D eigenvalue weighted by Gasteiger charge is -2.30. The van der Waals surface area contributed by atoms with Gasteiger partial charge in [0.15, 0.2) is 11.5 Å². The first-order chi connectivity index (χ1) is 10.7. The maximum absolute atomic E-state index is 9.36. The van der Waals surface area contributed by atoms with Gasteiger partial charge in [0.1, 0.15) is 11.9 Å². The third-order valence-electron chi connectivity index (χ3n) is 3.63. The number of aromatic hydroxyl groups is 1. The van der Waals surface area contributed by atoms with Gasteiger partial charge in [-0.1, -0.05) is 0 Å². The summed E-state index contributed by atoms with van der Waals surface area (Å²) in [6, 6.07) is 10.8. The number of hydrogen-bond acceptors (Lipinski definition) is 6. The molecule has 116 valence electrons. The van der Waals surface area contributed by atoms with Crippen LogP contribution in [0.15, 0.2) is 36.4 Å². The van der Waals surface area contributed by atoms with Crippen molar-refractivity contribution in [1.29, 1.82) is 0 Å². The number of methoxy groups -OCH3 is 2. The van der Waals surface area contributed by atoms with Crippen molar-refractivity contribution in [2.75, 3.05) is 31.5 Å². The van der Waals surface area contributed by atoms with Crippen LogP contribution in [-0.4, -0.2) is 26.0 Å². The van der Waals surface area contributed by atoms with Crippen LogP contribution in [-0.2, 0) is 0 Å². The van der Waals surface area contributed by atoms with Crippen molar-refractivity contribution in [3.8, 4) is 17.2 Å². The van der Waals surface area contributed by atoms with Crippen molar-refractivity contribution in [2.24, 2.45) is 0 Å². The Bertz CT molecular complexity index is 658. The zero-order chi connectivity index (χ0) is 15.5. The van der Waals surface area contributed by atoms with Crippen molar-refractivity contribution in [1.82, 2.24) is 5.32 Å². The third-order valence-corrected chi connectivity index (χ3v) is 3.63. The Labute approximate surface area is 129 Å². The normalized spacial score (nSPS) is 16.4. The van der Waals surface area contributed by atoms with Crippen molar-refractivity contribution in [2.45, 2.75) is 6.17 Å². The van der Waals surface area contributed by atoms with Gasteiger partial charge in [0.25, 0.3) is 0 Å². The molecule has 0 aromatic heterocycles. The fourth-order valence-corrected chi connectivity index (χ4v) is 2.50. The van der Waals surface area contributed by atoms with Crippen LogP contribution in [0.2, 0.25) is 0 Å². The summed E-state index contributed by atoms with van der Waals surface area (Å²) in [4.78, 5) is 0. The van der Waals surface area contributed by atoms with Crippen LogP contribution in [0.3, 0.4) is 0 Å². The second-order valence-corrected chi connectivity index (χ2v) is 4.98.